The summed E-state index contributed by atoms with van der Waals surface area (Å²) in [4.78, 5) is 16.8. The van der Waals surface area contributed by atoms with Gasteiger partial charge < -0.3 is 9.64 Å². The topological polar surface area (TPSA) is 32.8 Å². The van der Waals surface area contributed by atoms with E-state index >= 15 is 0 Å². The highest BCUT2D eigenvalue weighted by Gasteiger charge is 2.78. The standard InChI is InChI=1S/C29H31N.C11H18F2.C11H21N.C11H18O.C10H18O.C10H18S.C7H6F6.C7H8F4.6CH4/c1-20-21(2)28(5,6)29(27(20,3)4)23-16-10-12-18-25(23)30(22-14-8-7-9-15-22)26-19-13-11-17-24(26)29;1-7-8(2)10(5,6)11(12,13)9(7,3)4;1-8-9(2)11(5,6)12(7)10(8,3)4;1-7-8(2)11(5,6)9(12)10(7,3)4;2*1-7-8(2)10(5,6)11-9(7,3)4;1-3-4(2)6(10,11)7(12,13)5(3,8)9;1-4-5(2)7(10,11)3-6(4,8)9;;;;;;/h7-19H,1-6H3;1-6H3;1-7H3;1-6H3;2*1-6H3;1-2H3;3H2,1-2H3;6*1H4. The Bertz CT molecular complexity index is 4010. The van der Waals surface area contributed by atoms with Crippen molar-refractivity contribution in [3.05, 3.63) is 179 Å². The highest BCUT2D eigenvalue weighted by atomic mass is 32.2. The number of fused-ring (bicyclic) bond motifs is 4. The number of thioether (sulfide) groups is 1. The average Bonchev–Trinajstić information content (AvgIpc) is 1.54. The van der Waals surface area contributed by atoms with Crippen LogP contribution < -0.4 is 4.90 Å². The highest BCUT2D eigenvalue weighted by molar-refractivity contribution is 8.02. The minimum Gasteiger partial charge on any atom is -0.361 e. The Morgan fingerprint density at radius 3 is 0.756 bits per heavy atom. The number of nitrogens with zero attached hydrogens (tertiary/aromatic N) is 2. The van der Waals surface area contributed by atoms with Crippen LogP contribution in [-0.4, -0.2) is 85.0 Å². The lowest BCUT2D eigenvalue weighted by molar-refractivity contribution is -0.264. The largest absolute Gasteiger partial charge is 0.379 e. The molecule has 4 heterocycles. The van der Waals surface area contributed by atoms with Gasteiger partial charge in [-0.05, 0) is 275 Å². The van der Waals surface area contributed by atoms with Gasteiger partial charge in [0.05, 0.1) is 39.8 Å². The number of ketones is 1. The van der Waals surface area contributed by atoms with E-state index in [1.165, 1.54) is 72.8 Å². The second-order valence-electron chi connectivity index (χ2n) is 39.3. The quantitative estimate of drug-likeness (QED) is 0.179. The lowest BCUT2D eigenvalue weighted by Gasteiger charge is -2.57. The summed E-state index contributed by atoms with van der Waals surface area (Å²) in [6.45, 7) is 80.4. The number of likely N-dealkylation sites (N-methyl/N-ethyl adjacent to an activating group) is 1. The van der Waals surface area contributed by atoms with E-state index in [1.54, 1.807) is 38.8 Å². The van der Waals surface area contributed by atoms with Crippen LogP contribution in [-0.2, 0) is 14.9 Å². The Kier molecular flexibility index (Phi) is 35.2. The molecular formula is C102H162F12N2O2S. The van der Waals surface area contributed by atoms with Gasteiger partial charge in [0.25, 0.3) is 17.8 Å². The molecule has 1 spiro atoms. The molecule has 0 fully saturated rings. The Hall–Kier alpha value is -5.52. The van der Waals surface area contributed by atoms with Crippen molar-refractivity contribution in [3.8, 4) is 0 Å². The molecule has 0 atom stereocenters. The first-order chi connectivity index (χ1) is 50.1. The molecule has 9 aliphatic rings. The molecule has 0 aromatic heterocycles. The molecule has 4 nitrogen and oxygen atoms in total. The summed E-state index contributed by atoms with van der Waals surface area (Å²) in [6, 6.07) is 28.9. The van der Waals surface area contributed by atoms with Crippen molar-refractivity contribution in [3.63, 3.8) is 0 Å². The molecule has 0 N–H and O–H groups in total. The highest BCUT2D eigenvalue weighted by Crippen LogP contribution is 2.73. The molecule has 12 rings (SSSR count). The maximum absolute atomic E-state index is 14.0. The molecule has 0 radical (unpaired) electrons. The number of anilines is 3. The normalized spacial score (nSPS) is 24.8. The van der Waals surface area contributed by atoms with Gasteiger partial charge in [-0.25, -0.2) is 26.3 Å². The summed E-state index contributed by atoms with van der Waals surface area (Å²) >= 11 is 2.07. The molecule has 119 heavy (non-hydrogen) atoms. The van der Waals surface area contributed by atoms with Crippen molar-refractivity contribution in [2.24, 2.45) is 32.5 Å². The summed E-state index contributed by atoms with van der Waals surface area (Å²) in [5.41, 5.74) is 17.0. The maximum atomic E-state index is 14.0. The Morgan fingerprint density at radius 2 is 0.580 bits per heavy atom. The van der Waals surface area contributed by atoms with Gasteiger partial charge >= 0.3 is 17.8 Å². The molecule has 5 aliphatic carbocycles. The lowest BCUT2D eigenvalue weighted by Crippen LogP contribution is -2.52. The molecule has 17 heteroatoms. The predicted molar refractivity (Wildman–Crippen MR) is 492 cm³/mol. The molecule has 0 amide bonds. The van der Waals surface area contributed by atoms with E-state index in [0.29, 0.717) is 29.1 Å². The maximum Gasteiger partial charge on any atom is 0.379 e. The number of para-hydroxylation sites is 3. The number of allylic oxidation sites excluding steroid dienone is 10. The second-order valence-corrected chi connectivity index (χ2v) is 41.6. The SMILES string of the molecule is C.C.C.C.C.C.CC1=C(C)C(C)(C)C(=O)C1(C)C.CC1=C(C)C(C)(C)C(F)(F)C1(C)C.CC1=C(C)C(C)(C)C2(c3ccccc3N(c3ccccc3)c3ccccc32)C1(C)C.CC1=C(C)C(C)(C)N(C)C1(C)C.CC1=C(C)C(C)(C)OC1(C)C.CC1=C(C)C(C)(C)SC1(C)C.CC1=C(C)C(F)(F)C(F)(F)C1(F)F.CC1=C(C)C(F)(F)CC1(F)F. The third kappa shape index (κ3) is 18.5. The van der Waals surface area contributed by atoms with Crippen LogP contribution in [0.2, 0.25) is 0 Å². The number of rotatable bonds is 1. The van der Waals surface area contributed by atoms with Crippen LogP contribution in [0.3, 0.4) is 0 Å². The molecular weight excluding hydrogens is 1550 g/mol. The fourth-order valence-corrected chi connectivity index (χ4v) is 20.6. The van der Waals surface area contributed by atoms with E-state index in [2.05, 4.69) is 287 Å². The van der Waals surface area contributed by atoms with Crippen LogP contribution in [0.4, 0.5) is 69.7 Å². The summed E-state index contributed by atoms with van der Waals surface area (Å²) < 4.78 is 160. The fraction of sp³-hybridized carbons (Fsp3) is 0.657. The van der Waals surface area contributed by atoms with Gasteiger partial charge in [0.2, 0.25) is 0 Å². The van der Waals surface area contributed by atoms with Crippen molar-refractivity contribution in [2.75, 3.05) is 11.9 Å². The molecule has 682 valence electrons. The number of carbonyl (C=O) groups excluding carboxylic acids is 1. The van der Waals surface area contributed by atoms with Crippen molar-refractivity contribution in [1.29, 1.82) is 0 Å². The third-order valence-electron chi connectivity index (χ3n) is 30.2. The van der Waals surface area contributed by atoms with Crippen LogP contribution in [0.15, 0.2) is 168 Å². The summed E-state index contributed by atoms with van der Waals surface area (Å²) in [7, 11) is 2.21. The zero-order chi connectivity index (χ0) is 88.7. The number of ether oxygens (including phenoxy) is 1. The average molecular weight is 1710 g/mol. The van der Waals surface area contributed by atoms with E-state index in [-0.39, 0.29) is 93.9 Å². The van der Waals surface area contributed by atoms with Crippen molar-refractivity contribution in [1.82, 2.24) is 4.90 Å². The lowest BCUT2D eigenvalue weighted by atomic mass is 9.48. The Balaban J connectivity index is 0. The van der Waals surface area contributed by atoms with Gasteiger partial charge in [0.1, 0.15) is 0 Å². The minimum absolute atomic E-state index is 0. The van der Waals surface area contributed by atoms with Crippen LogP contribution in [0, 0.1) is 32.5 Å². The molecule has 0 saturated heterocycles. The number of halogens is 12. The van der Waals surface area contributed by atoms with Crippen LogP contribution >= 0.6 is 11.8 Å². The third-order valence-corrected chi connectivity index (χ3v) is 31.9. The molecule has 3 aromatic rings. The van der Waals surface area contributed by atoms with Gasteiger partial charge in [0, 0.05) is 75.6 Å². The van der Waals surface area contributed by atoms with E-state index in [9.17, 15) is 57.5 Å². The van der Waals surface area contributed by atoms with Gasteiger partial charge in [0.15, 0.2) is 5.78 Å². The first-order valence-electron chi connectivity index (χ1n) is 39.6. The number of carbonyl (C=O) groups is 1. The molecule has 3 aromatic carbocycles. The molecule has 0 bridgehead atoms. The van der Waals surface area contributed by atoms with E-state index < -0.39 is 75.1 Å². The van der Waals surface area contributed by atoms with Crippen molar-refractivity contribution in [2.45, 2.75) is 401 Å². The number of hydrogen-bond donors (Lipinski definition) is 0. The zero-order valence-corrected chi connectivity index (χ0v) is 77.2. The van der Waals surface area contributed by atoms with Crippen molar-refractivity contribution >= 4 is 34.6 Å². The monoisotopic (exact) mass is 1710 g/mol. The van der Waals surface area contributed by atoms with Gasteiger partial charge in [-0.3, -0.25) is 9.69 Å². The summed E-state index contributed by atoms with van der Waals surface area (Å²) in [5.74, 6) is -23.7. The van der Waals surface area contributed by atoms with Crippen LogP contribution in [0.5, 0.6) is 0 Å². The van der Waals surface area contributed by atoms with Gasteiger partial charge in [-0.1, -0.05) is 210 Å². The fourth-order valence-electron chi connectivity index (χ4n) is 18.7. The number of hydrogen-bond acceptors (Lipinski definition) is 5. The zero-order valence-electron chi connectivity index (χ0n) is 76.4. The van der Waals surface area contributed by atoms with Crippen LogP contribution in [0.25, 0.3) is 0 Å². The first kappa shape index (κ1) is 116. The molecule has 4 aliphatic heterocycles. The molecule has 0 unspecified atom stereocenters. The predicted octanol–water partition coefficient (Wildman–Crippen LogP) is 34.6. The van der Waals surface area contributed by atoms with E-state index in [0.717, 1.165) is 25.0 Å². The first-order valence-corrected chi connectivity index (χ1v) is 40.4. The summed E-state index contributed by atoms with van der Waals surface area (Å²) in [6.07, 6.45) is -1.36. The minimum atomic E-state index is -5.31. The number of Topliss-reactive ketones (excluding diaryl/α,β-unsaturated/α-hetero) is 1. The van der Waals surface area contributed by atoms with E-state index in [4.69, 9.17) is 4.74 Å². The van der Waals surface area contributed by atoms with Crippen molar-refractivity contribution < 1.29 is 62.2 Å². The van der Waals surface area contributed by atoms with E-state index in [1.807, 2.05) is 41.5 Å². The van der Waals surface area contributed by atoms with Crippen LogP contribution in [0.1, 0.15) is 339 Å². The second kappa shape index (κ2) is 36.2. The Morgan fingerprint density at radius 1 is 0.311 bits per heavy atom. The van der Waals surface area contributed by atoms with Gasteiger partial charge in [-0.15, -0.1) is 11.8 Å². The summed E-state index contributed by atoms with van der Waals surface area (Å²) in [5, 5.41) is 0. The smallest absolute Gasteiger partial charge is 0.361 e. The number of alkyl halides is 12. The van der Waals surface area contributed by atoms with Gasteiger partial charge in [-0.2, -0.15) is 26.3 Å². The molecule has 0 saturated carbocycles. The Labute approximate surface area is 722 Å². The number of benzene rings is 3.